The third-order valence-corrected chi connectivity index (χ3v) is 2.99. The van der Waals surface area contributed by atoms with Gasteiger partial charge in [0.25, 0.3) is 0 Å². The second-order valence-electron chi connectivity index (χ2n) is 4.28. The Hall–Kier alpha value is -1.47. The van der Waals surface area contributed by atoms with Crippen LogP contribution in [0.1, 0.15) is 25.3 Å². The van der Waals surface area contributed by atoms with Crippen molar-refractivity contribution in [1.29, 1.82) is 0 Å². The summed E-state index contributed by atoms with van der Waals surface area (Å²) < 4.78 is 13.4. The first-order valence-electron chi connectivity index (χ1n) is 6.40. The lowest BCUT2D eigenvalue weighted by molar-refractivity contribution is 0.619. The second kappa shape index (κ2) is 8.65. The van der Waals surface area contributed by atoms with E-state index in [2.05, 4.69) is 28.4 Å². The molecule has 4 nitrogen and oxygen atoms in total. The van der Waals surface area contributed by atoms with Crippen LogP contribution in [-0.2, 0) is 0 Å². The van der Waals surface area contributed by atoms with E-state index in [0.717, 1.165) is 19.4 Å². The molecule has 0 spiro atoms. The molecule has 0 fully saturated rings. The number of hydrazine groups is 1. The van der Waals surface area contributed by atoms with Crippen LogP contribution in [0.25, 0.3) is 0 Å². The summed E-state index contributed by atoms with van der Waals surface area (Å²) in [4.78, 5) is 0. The summed E-state index contributed by atoms with van der Waals surface area (Å²) in [6.45, 7) is 4.63. The fourth-order valence-corrected chi connectivity index (χ4v) is 1.69. The van der Waals surface area contributed by atoms with E-state index >= 15 is 0 Å². The largest absolute Gasteiger partial charge is 0.361 e. The maximum atomic E-state index is 13.4. The fourth-order valence-electron chi connectivity index (χ4n) is 1.37. The zero-order valence-electron chi connectivity index (χ0n) is 11.5. The van der Waals surface area contributed by atoms with Crippen molar-refractivity contribution in [3.63, 3.8) is 0 Å². The van der Waals surface area contributed by atoms with Crippen molar-refractivity contribution in [3.05, 3.63) is 29.6 Å². The van der Waals surface area contributed by atoms with Crippen molar-refractivity contribution in [1.82, 2.24) is 16.2 Å². The number of hydrogen-bond donors (Lipinski definition) is 4. The monoisotopic (exact) mass is 314 g/mol. The van der Waals surface area contributed by atoms with Gasteiger partial charge in [0.15, 0.2) is 10.2 Å². The minimum Gasteiger partial charge on any atom is -0.361 e. The van der Waals surface area contributed by atoms with E-state index in [1.54, 1.807) is 19.1 Å². The first kappa shape index (κ1) is 16.6. The van der Waals surface area contributed by atoms with Crippen molar-refractivity contribution in [2.75, 3.05) is 11.9 Å². The number of hydrogen-bond acceptors (Lipinski definition) is 2. The predicted octanol–water partition coefficient (Wildman–Crippen LogP) is 2.60. The molecule has 0 aliphatic carbocycles. The van der Waals surface area contributed by atoms with Crippen LogP contribution >= 0.6 is 24.4 Å². The lowest BCUT2D eigenvalue weighted by atomic mass is 10.2. The third kappa shape index (κ3) is 6.12. The van der Waals surface area contributed by atoms with Crippen molar-refractivity contribution in [3.8, 4) is 0 Å². The van der Waals surface area contributed by atoms with E-state index in [1.807, 2.05) is 0 Å². The number of anilines is 1. The Morgan fingerprint density at radius 3 is 2.55 bits per heavy atom. The Morgan fingerprint density at radius 1 is 1.20 bits per heavy atom. The average molecular weight is 314 g/mol. The molecule has 0 amide bonds. The normalized spacial score (nSPS) is 9.75. The predicted molar refractivity (Wildman–Crippen MR) is 89.1 cm³/mol. The molecule has 4 N–H and O–H groups in total. The van der Waals surface area contributed by atoms with Crippen molar-refractivity contribution < 1.29 is 4.39 Å². The minimum absolute atomic E-state index is 0.275. The maximum Gasteiger partial charge on any atom is 0.189 e. The van der Waals surface area contributed by atoms with Crippen LogP contribution in [0.3, 0.4) is 0 Å². The summed E-state index contributed by atoms with van der Waals surface area (Å²) in [5.74, 6) is -0.275. The number of unbranched alkanes of at least 4 members (excludes halogenated alkanes) is 1. The molecule has 0 aliphatic rings. The second-order valence-corrected chi connectivity index (χ2v) is 5.09. The highest BCUT2D eigenvalue weighted by atomic mass is 32.1. The topological polar surface area (TPSA) is 48.1 Å². The van der Waals surface area contributed by atoms with Crippen LogP contribution < -0.4 is 21.5 Å². The van der Waals surface area contributed by atoms with Gasteiger partial charge in [-0.15, -0.1) is 0 Å². The highest BCUT2D eigenvalue weighted by molar-refractivity contribution is 7.80. The molecular weight excluding hydrogens is 295 g/mol. The van der Waals surface area contributed by atoms with Gasteiger partial charge in [0.05, 0.1) is 0 Å². The van der Waals surface area contributed by atoms with E-state index in [-0.39, 0.29) is 5.82 Å². The Morgan fingerprint density at radius 2 is 1.90 bits per heavy atom. The molecule has 0 saturated heterocycles. The quantitative estimate of drug-likeness (QED) is 0.389. The molecule has 110 valence electrons. The first-order valence-corrected chi connectivity index (χ1v) is 7.21. The van der Waals surface area contributed by atoms with Gasteiger partial charge in [0, 0.05) is 12.2 Å². The summed E-state index contributed by atoms with van der Waals surface area (Å²) in [6.07, 6.45) is 2.15. The Kier molecular flexibility index (Phi) is 7.17. The van der Waals surface area contributed by atoms with Gasteiger partial charge in [-0.05, 0) is 55.5 Å². The van der Waals surface area contributed by atoms with Crippen LogP contribution in [0.2, 0.25) is 0 Å². The van der Waals surface area contributed by atoms with E-state index in [0.29, 0.717) is 21.5 Å². The van der Waals surface area contributed by atoms with E-state index in [1.165, 1.54) is 6.07 Å². The number of halogens is 1. The van der Waals surface area contributed by atoms with E-state index in [9.17, 15) is 4.39 Å². The zero-order valence-corrected chi connectivity index (χ0v) is 13.2. The fraction of sp³-hybridized carbons (Fsp3) is 0.385. The molecule has 20 heavy (non-hydrogen) atoms. The molecule has 0 bridgehead atoms. The van der Waals surface area contributed by atoms with Crippen molar-refractivity contribution >= 4 is 40.3 Å². The standard InChI is InChI=1S/C13H19FN4S2/c1-3-4-7-15-12(19)17-18-13(20)16-10-6-5-9(2)11(14)8-10/h5-6,8H,3-4,7H2,1-2H3,(H2,15,17,19)(H2,16,18,20). The Labute approximate surface area is 129 Å². The van der Waals surface area contributed by atoms with Crippen LogP contribution in [0, 0.1) is 12.7 Å². The van der Waals surface area contributed by atoms with Crippen molar-refractivity contribution in [2.24, 2.45) is 0 Å². The highest BCUT2D eigenvalue weighted by Gasteiger charge is 2.02. The van der Waals surface area contributed by atoms with Gasteiger partial charge >= 0.3 is 0 Å². The molecule has 7 heteroatoms. The number of nitrogens with one attached hydrogen (secondary N) is 4. The SMILES string of the molecule is CCCCNC(=S)NNC(=S)Nc1ccc(C)c(F)c1. The smallest absolute Gasteiger partial charge is 0.189 e. The minimum atomic E-state index is -0.275. The number of benzene rings is 1. The lowest BCUT2D eigenvalue weighted by Crippen LogP contribution is -2.48. The van der Waals surface area contributed by atoms with Gasteiger partial charge < -0.3 is 10.6 Å². The molecule has 1 aromatic carbocycles. The molecule has 0 aliphatic heterocycles. The maximum absolute atomic E-state index is 13.4. The summed E-state index contributed by atoms with van der Waals surface area (Å²) in [5, 5.41) is 6.68. The van der Waals surface area contributed by atoms with Crippen LogP contribution in [0.15, 0.2) is 18.2 Å². The highest BCUT2D eigenvalue weighted by Crippen LogP contribution is 2.13. The van der Waals surface area contributed by atoms with Gasteiger partial charge in [0.1, 0.15) is 5.82 Å². The average Bonchev–Trinajstić information content (AvgIpc) is 2.41. The van der Waals surface area contributed by atoms with Gasteiger partial charge in [-0.2, -0.15) is 0 Å². The Balaban J connectivity index is 2.32. The molecular formula is C13H19FN4S2. The zero-order chi connectivity index (χ0) is 15.0. The molecule has 0 saturated carbocycles. The first-order chi connectivity index (χ1) is 9.52. The van der Waals surface area contributed by atoms with E-state index in [4.69, 9.17) is 24.4 Å². The molecule has 1 rings (SSSR count). The molecule has 0 radical (unpaired) electrons. The summed E-state index contributed by atoms with van der Waals surface area (Å²) >= 11 is 10.1. The number of rotatable bonds is 4. The summed E-state index contributed by atoms with van der Waals surface area (Å²) in [6, 6.07) is 4.83. The molecule has 1 aromatic rings. The van der Waals surface area contributed by atoms with E-state index < -0.39 is 0 Å². The van der Waals surface area contributed by atoms with Gasteiger partial charge in [-0.1, -0.05) is 19.4 Å². The summed E-state index contributed by atoms with van der Waals surface area (Å²) in [5.41, 5.74) is 6.67. The molecule has 0 unspecified atom stereocenters. The van der Waals surface area contributed by atoms with Crippen LogP contribution in [0.5, 0.6) is 0 Å². The number of aryl methyl sites for hydroxylation is 1. The van der Waals surface area contributed by atoms with Crippen molar-refractivity contribution in [2.45, 2.75) is 26.7 Å². The third-order valence-electron chi connectivity index (χ3n) is 2.54. The molecule has 0 heterocycles. The Bertz CT molecular complexity index is 479. The van der Waals surface area contributed by atoms with Crippen LogP contribution in [-0.4, -0.2) is 16.8 Å². The molecule has 0 atom stereocenters. The lowest BCUT2D eigenvalue weighted by Gasteiger charge is -2.14. The molecule has 0 aromatic heterocycles. The summed E-state index contributed by atoms with van der Waals surface area (Å²) in [7, 11) is 0. The van der Waals surface area contributed by atoms with Gasteiger partial charge in [0.2, 0.25) is 0 Å². The number of thiocarbonyl (C=S) groups is 2. The van der Waals surface area contributed by atoms with Gasteiger partial charge in [-0.25, -0.2) is 4.39 Å². The van der Waals surface area contributed by atoms with Gasteiger partial charge in [-0.3, -0.25) is 10.9 Å². The van der Waals surface area contributed by atoms with Crippen LogP contribution in [0.4, 0.5) is 10.1 Å².